The molecular formula is C16H21N5O2. The predicted octanol–water partition coefficient (Wildman–Crippen LogP) is 2.34. The van der Waals surface area contributed by atoms with Crippen molar-refractivity contribution in [1.82, 2.24) is 14.7 Å². The SMILES string of the molecule is CCCOc1cccc(NC(=O)N2Cc3nn(C)c(N)c3C2)c1. The highest BCUT2D eigenvalue weighted by Crippen LogP contribution is 2.27. The maximum Gasteiger partial charge on any atom is 0.322 e. The van der Waals surface area contributed by atoms with Gasteiger partial charge in [-0.3, -0.25) is 4.68 Å². The number of amides is 2. The molecule has 0 saturated carbocycles. The molecule has 0 fully saturated rings. The van der Waals surface area contributed by atoms with Crippen molar-refractivity contribution < 1.29 is 9.53 Å². The summed E-state index contributed by atoms with van der Waals surface area (Å²) in [5.41, 5.74) is 8.46. The first-order valence-electron chi connectivity index (χ1n) is 7.67. The van der Waals surface area contributed by atoms with Gasteiger partial charge >= 0.3 is 6.03 Å². The normalized spacial score (nSPS) is 13.0. The van der Waals surface area contributed by atoms with Gasteiger partial charge in [0.25, 0.3) is 0 Å². The average molecular weight is 315 g/mol. The highest BCUT2D eigenvalue weighted by Gasteiger charge is 2.28. The Morgan fingerprint density at radius 1 is 1.43 bits per heavy atom. The number of rotatable bonds is 4. The van der Waals surface area contributed by atoms with Crippen molar-refractivity contribution >= 4 is 17.5 Å². The number of nitrogen functional groups attached to an aromatic ring is 1. The van der Waals surface area contributed by atoms with Gasteiger partial charge in [-0.1, -0.05) is 13.0 Å². The summed E-state index contributed by atoms with van der Waals surface area (Å²) in [5.74, 6) is 1.37. The number of nitrogens with two attached hydrogens (primary N) is 1. The van der Waals surface area contributed by atoms with Gasteiger partial charge in [0.1, 0.15) is 11.6 Å². The van der Waals surface area contributed by atoms with Crippen LogP contribution < -0.4 is 15.8 Å². The summed E-state index contributed by atoms with van der Waals surface area (Å²) in [6, 6.07) is 7.23. The molecule has 7 heteroatoms. The summed E-state index contributed by atoms with van der Waals surface area (Å²) in [6.07, 6.45) is 0.942. The van der Waals surface area contributed by atoms with Crippen LogP contribution in [0.3, 0.4) is 0 Å². The van der Waals surface area contributed by atoms with E-state index in [4.69, 9.17) is 10.5 Å². The van der Waals surface area contributed by atoms with Crippen LogP contribution in [0.5, 0.6) is 5.75 Å². The van der Waals surface area contributed by atoms with Gasteiger partial charge in [-0.2, -0.15) is 5.10 Å². The van der Waals surface area contributed by atoms with E-state index in [2.05, 4.69) is 17.3 Å². The summed E-state index contributed by atoms with van der Waals surface area (Å²) in [5, 5.41) is 7.22. The monoisotopic (exact) mass is 315 g/mol. The summed E-state index contributed by atoms with van der Waals surface area (Å²) in [4.78, 5) is 14.1. The Kier molecular flexibility index (Phi) is 4.10. The van der Waals surface area contributed by atoms with Gasteiger partial charge in [-0.15, -0.1) is 0 Å². The number of urea groups is 1. The first-order valence-corrected chi connectivity index (χ1v) is 7.67. The fourth-order valence-corrected chi connectivity index (χ4v) is 2.59. The lowest BCUT2D eigenvalue weighted by Crippen LogP contribution is -2.30. The Bertz CT molecular complexity index is 725. The zero-order chi connectivity index (χ0) is 16.4. The second-order valence-corrected chi connectivity index (χ2v) is 5.60. The second-order valence-electron chi connectivity index (χ2n) is 5.60. The maximum absolute atomic E-state index is 12.4. The van der Waals surface area contributed by atoms with Gasteiger partial charge < -0.3 is 20.7 Å². The van der Waals surface area contributed by atoms with Crippen LogP contribution in [0.25, 0.3) is 0 Å². The minimum Gasteiger partial charge on any atom is -0.494 e. The molecule has 0 atom stereocenters. The van der Waals surface area contributed by atoms with Gasteiger partial charge in [0.05, 0.1) is 25.4 Å². The Balaban J connectivity index is 1.64. The van der Waals surface area contributed by atoms with E-state index < -0.39 is 0 Å². The Hall–Kier alpha value is -2.70. The fraction of sp³-hybridized carbons (Fsp3) is 0.375. The Morgan fingerprint density at radius 3 is 3.00 bits per heavy atom. The molecular weight excluding hydrogens is 294 g/mol. The summed E-state index contributed by atoms with van der Waals surface area (Å²) < 4.78 is 7.22. The number of anilines is 2. The maximum atomic E-state index is 12.4. The number of carbonyl (C=O) groups excluding carboxylic acids is 1. The molecule has 7 nitrogen and oxygen atoms in total. The van der Waals surface area contributed by atoms with E-state index in [-0.39, 0.29) is 6.03 Å². The van der Waals surface area contributed by atoms with Gasteiger partial charge in [0, 0.05) is 24.4 Å². The Morgan fingerprint density at radius 2 is 2.26 bits per heavy atom. The molecule has 1 aliphatic rings. The molecule has 1 aliphatic heterocycles. The number of hydrogen-bond acceptors (Lipinski definition) is 4. The summed E-state index contributed by atoms with van der Waals surface area (Å²) in [7, 11) is 1.81. The molecule has 1 aromatic heterocycles. The van der Waals surface area contributed by atoms with Crippen LogP contribution in [0.2, 0.25) is 0 Å². The smallest absolute Gasteiger partial charge is 0.322 e. The van der Waals surface area contributed by atoms with E-state index in [9.17, 15) is 4.79 Å². The van der Waals surface area contributed by atoms with E-state index in [0.29, 0.717) is 31.2 Å². The number of carbonyl (C=O) groups is 1. The van der Waals surface area contributed by atoms with Crippen LogP contribution >= 0.6 is 0 Å². The minimum atomic E-state index is -0.169. The third kappa shape index (κ3) is 3.08. The minimum absolute atomic E-state index is 0.169. The second kappa shape index (κ2) is 6.20. The molecule has 122 valence electrons. The topological polar surface area (TPSA) is 85.4 Å². The third-order valence-corrected chi connectivity index (χ3v) is 3.81. The van der Waals surface area contributed by atoms with Gasteiger partial charge in [0.15, 0.2) is 0 Å². The Labute approximate surface area is 135 Å². The molecule has 0 unspecified atom stereocenters. The molecule has 0 spiro atoms. The van der Waals surface area contributed by atoms with Gasteiger partial charge in [-0.25, -0.2) is 4.79 Å². The molecule has 3 N–H and O–H groups in total. The molecule has 0 saturated heterocycles. The largest absolute Gasteiger partial charge is 0.494 e. The van der Waals surface area contributed by atoms with E-state index in [1.54, 1.807) is 16.6 Å². The average Bonchev–Trinajstić information content (AvgIpc) is 3.06. The van der Waals surface area contributed by atoms with E-state index >= 15 is 0 Å². The highest BCUT2D eigenvalue weighted by atomic mass is 16.5. The third-order valence-electron chi connectivity index (χ3n) is 3.81. The number of nitrogens with one attached hydrogen (secondary N) is 1. The van der Waals surface area contributed by atoms with Crippen molar-refractivity contribution in [3.8, 4) is 5.75 Å². The molecule has 0 aliphatic carbocycles. The quantitative estimate of drug-likeness (QED) is 0.907. The summed E-state index contributed by atoms with van der Waals surface area (Å²) in [6.45, 7) is 3.66. The zero-order valence-corrected chi connectivity index (χ0v) is 13.4. The fourth-order valence-electron chi connectivity index (χ4n) is 2.59. The number of aromatic nitrogens is 2. The van der Waals surface area contributed by atoms with Crippen molar-refractivity contribution in [3.63, 3.8) is 0 Å². The van der Waals surface area contributed by atoms with Crippen LogP contribution in [-0.2, 0) is 20.1 Å². The standard InChI is InChI=1S/C16H21N5O2/c1-3-7-23-12-6-4-5-11(8-12)18-16(22)21-9-13-14(10-21)19-20(2)15(13)17/h4-6,8H,3,7,9-10,17H2,1-2H3,(H,18,22). The highest BCUT2D eigenvalue weighted by molar-refractivity contribution is 5.90. The van der Waals surface area contributed by atoms with E-state index in [1.807, 2.05) is 24.3 Å². The molecule has 23 heavy (non-hydrogen) atoms. The predicted molar refractivity (Wildman–Crippen MR) is 88.1 cm³/mol. The number of aryl methyl sites for hydroxylation is 1. The van der Waals surface area contributed by atoms with Crippen molar-refractivity contribution in [2.45, 2.75) is 26.4 Å². The molecule has 0 radical (unpaired) electrons. The van der Waals surface area contributed by atoms with Crippen molar-refractivity contribution in [3.05, 3.63) is 35.5 Å². The first kappa shape index (κ1) is 15.2. The molecule has 1 aromatic carbocycles. The number of hydrogen-bond donors (Lipinski definition) is 2. The van der Waals surface area contributed by atoms with Crippen molar-refractivity contribution in [1.29, 1.82) is 0 Å². The number of nitrogens with zero attached hydrogens (tertiary/aromatic N) is 3. The van der Waals surface area contributed by atoms with Gasteiger partial charge in [-0.05, 0) is 18.6 Å². The van der Waals surface area contributed by atoms with Crippen LogP contribution in [-0.4, -0.2) is 27.3 Å². The molecule has 2 heterocycles. The van der Waals surface area contributed by atoms with E-state index in [0.717, 1.165) is 23.4 Å². The molecule has 2 aromatic rings. The van der Waals surface area contributed by atoms with Crippen LogP contribution in [0, 0.1) is 0 Å². The van der Waals surface area contributed by atoms with Gasteiger partial charge in [0.2, 0.25) is 0 Å². The number of ether oxygens (including phenoxy) is 1. The number of benzene rings is 1. The van der Waals surface area contributed by atoms with Crippen molar-refractivity contribution in [2.24, 2.45) is 7.05 Å². The summed E-state index contributed by atoms with van der Waals surface area (Å²) >= 11 is 0. The van der Waals surface area contributed by atoms with Crippen molar-refractivity contribution in [2.75, 3.05) is 17.7 Å². The molecule has 2 amide bonds. The molecule has 0 bridgehead atoms. The zero-order valence-electron chi connectivity index (χ0n) is 13.4. The van der Waals surface area contributed by atoms with Crippen LogP contribution in [0.1, 0.15) is 24.6 Å². The lowest BCUT2D eigenvalue weighted by atomic mass is 10.3. The number of fused-ring (bicyclic) bond motifs is 1. The first-order chi connectivity index (χ1) is 11.1. The van der Waals surface area contributed by atoms with Crippen LogP contribution in [0.4, 0.5) is 16.3 Å². The molecule has 3 rings (SSSR count). The lowest BCUT2D eigenvalue weighted by Gasteiger charge is -2.17. The van der Waals surface area contributed by atoms with E-state index in [1.165, 1.54) is 0 Å². The van der Waals surface area contributed by atoms with Crippen LogP contribution in [0.15, 0.2) is 24.3 Å². The lowest BCUT2D eigenvalue weighted by molar-refractivity contribution is 0.212.